The van der Waals surface area contributed by atoms with Crippen LogP contribution in [0.15, 0.2) is 78.9 Å². The highest BCUT2D eigenvalue weighted by Crippen LogP contribution is 2.40. The van der Waals surface area contributed by atoms with Crippen LogP contribution in [0.2, 0.25) is 0 Å². The molecular weight excluding hydrogens is 385 g/mol. The van der Waals surface area contributed by atoms with E-state index in [4.69, 9.17) is 4.74 Å². The number of aliphatic hydroxyl groups is 1. The van der Waals surface area contributed by atoms with Crippen LogP contribution in [0.1, 0.15) is 23.6 Å². The van der Waals surface area contributed by atoms with Gasteiger partial charge in [-0.3, -0.25) is 4.90 Å². The van der Waals surface area contributed by atoms with Crippen LogP contribution in [0.5, 0.6) is 5.75 Å². The Morgan fingerprint density at radius 3 is 2.43 bits per heavy atom. The molecule has 30 heavy (non-hydrogen) atoms. The molecule has 3 aromatic rings. The van der Waals surface area contributed by atoms with E-state index in [0.717, 1.165) is 5.56 Å². The summed E-state index contributed by atoms with van der Waals surface area (Å²) < 4.78 is 19.4. The molecule has 4 rings (SSSR count). The molecule has 1 amide bonds. The van der Waals surface area contributed by atoms with Crippen LogP contribution in [0, 0.1) is 5.82 Å². The van der Waals surface area contributed by atoms with Gasteiger partial charge in [0, 0.05) is 0 Å². The monoisotopic (exact) mass is 407 g/mol. The Labute approximate surface area is 174 Å². The van der Waals surface area contributed by atoms with Gasteiger partial charge >= 0.3 is 6.09 Å². The maximum Gasteiger partial charge on any atom is 0.415 e. The molecule has 1 unspecified atom stereocenters. The quantitative estimate of drug-likeness (QED) is 0.627. The first kappa shape index (κ1) is 19.9. The molecule has 0 radical (unpaired) electrons. The fraction of sp³-hybridized carbons (Fsp3) is 0.208. The minimum Gasteiger partial charge on any atom is -0.508 e. The van der Waals surface area contributed by atoms with Crippen molar-refractivity contribution in [1.82, 2.24) is 0 Å². The third-order valence-electron chi connectivity index (χ3n) is 5.29. The second-order valence-corrected chi connectivity index (χ2v) is 7.33. The standard InChI is InChI=1S/C24H22FNO4/c25-18-7-4-8-19(15-18)26-22(17-10-12-20(27)13-11-17)23(30-24(26)29)21(28)14-9-16-5-2-1-3-6-16/h1-8,10-13,15,21-23,27-28H,9,14H2/t21-,22-,23?/m1/s1. The molecule has 0 spiro atoms. The number of amides is 1. The third-order valence-corrected chi connectivity index (χ3v) is 5.29. The van der Waals surface area contributed by atoms with Crippen LogP contribution >= 0.6 is 0 Å². The number of rotatable bonds is 6. The van der Waals surface area contributed by atoms with Gasteiger partial charge in [-0.2, -0.15) is 0 Å². The van der Waals surface area contributed by atoms with E-state index in [9.17, 15) is 19.4 Å². The van der Waals surface area contributed by atoms with Crippen molar-refractivity contribution in [2.45, 2.75) is 31.1 Å². The first-order valence-electron chi connectivity index (χ1n) is 9.79. The number of aromatic hydroxyl groups is 1. The highest BCUT2D eigenvalue weighted by molar-refractivity contribution is 5.91. The second kappa shape index (κ2) is 8.55. The minimum absolute atomic E-state index is 0.0856. The molecule has 1 saturated heterocycles. The lowest BCUT2D eigenvalue weighted by Gasteiger charge is -2.27. The Bertz CT molecular complexity index is 1010. The van der Waals surface area contributed by atoms with Crippen LogP contribution < -0.4 is 4.90 Å². The number of cyclic esters (lactones) is 1. The van der Waals surface area contributed by atoms with Crippen molar-refractivity contribution in [1.29, 1.82) is 0 Å². The average molecular weight is 407 g/mol. The number of carbonyl (C=O) groups is 1. The van der Waals surface area contributed by atoms with E-state index >= 15 is 0 Å². The Morgan fingerprint density at radius 2 is 1.73 bits per heavy atom. The summed E-state index contributed by atoms with van der Waals surface area (Å²) in [6, 6.07) is 21.1. The third kappa shape index (κ3) is 4.14. The lowest BCUT2D eigenvalue weighted by atomic mass is 9.93. The van der Waals surface area contributed by atoms with E-state index in [1.807, 2.05) is 30.3 Å². The predicted octanol–water partition coefficient (Wildman–Crippen LogP) is 4.59. The topological polar surface area (TPSA) is 70.0 Å². The van der Waals surface area contributed by atoms with Gasteiger partial charge in [0.15, 0.2) is 6.10 Å². The van der Waals surface area contributed by atoms with E-state index in [1.165, 1.54) is 35.2 Å². The molecule has 6 heteroatoms. The lowest BCUT2D eigenvalue weighted by molar-refractivity contribution is 0.0146. The van der Waals surface area contributed by atoms with Gasteiger partial charge in [-0.15, -0.1) is 0 Å². The summed E-state index contributed by atoms with van der Waals surface area (Å²) in [5, 5.41) is 20.6. The number of phenols is 1. The van der Waals surface area contributed by atoms with Crippen LogP contribution in [-0.2, 0) is 11.2 Å². The normalized spacial score (nSPS) is 19.5. The molecule has 0 aromatic heterocycles. The van der Waals surface area contributed by atoms with Gasteiger partial charge < -0.3 is 14.9 Å². The number of aliphatic hydroxyl groups excluding tert-OH is 1. The lowest BCUT2D eigenvalue weighted by Crippen LogP contribution is -2.35. The molecule has 1 aliphatic heterocycles. The van der Waals surface area contributed by atoms with Crippen molar-refractivity contribution in [2.75, 3.05) is 4.90 Å². The summed E-state index contributed by atoms with van der Waals surface area (Å²) in [7, 11) is 0. The van der Waals surface area contributed by atoms with Crippen molar-refractivity contribution < 1.29 is 24.1 Å². The molecule has 5 nitrogen and oxygen atoms in total. The highest BCUT2D eigenvalue weighted by Gasteiger charge is 2.46. The molecule has 154 valence electrons. The van der Waals surface area contributed by atoms with Gasteiger partial charge in [0.25, 0.3) is 0 Å². The number of halogens is 1. The molecule has 3 aromatic carbocycles. The van der Waals surface area contributed by atoms with E-state index < -0.39 is 30.2 Å². The van der Waals surface area contributed by atoms with Crippen molar-refractivity contribution in [2.24, 2.45) is 0 Å². The van der Waals surface area contributed by atoms with Crippen molar-refractivity contribution in [3.05, 3.63) is 95.8 Å². The van der Waals surface area contributed by atoms with Gasteiger partial charge in [0.2, 0.25) is 0 Å². The molecule has 0 bridgehead atoms. The van der Waals surface area contributed by atoms with E-state index in [-0.39, 0.29) is 5.75 Å². The maximum absolute atomic E-state index is 13.8. The number of hydrogen-bond acceptors (Lipinski definition) is 4. The van der Waals surface area contributed by atoms with Crippen LogP contribution in [0.4, 0.5) is 14.9 Å². The summed E-state index contributed by atoms with van der Waals surface area (Å²) in [6.45, 7) is 0. The summed E-state index contributed by atoms with van der Waals surface area (Å²) in [4.78, 5) is 14.1. The Hall–Kier alpha value is -3.38. The van der Waals surface area contributed by atoms with Crippen LogP contribution in [-0.4, -0.2) is 28.5 Å². The molecule has 3 atom stereocenters. The number of benzene rings is 3. The number of ether oxygens (including phenoxy) is 1. The molecule has 0 saturated carbocycles. The molecular formula is C24H22FNO4. The van der Waals surface area contributed by atoms with E-state index in [2.05, 4.69) is 0 Å². The first-order valence-corrected chi connectivity index (χ1v) is 9.79. The number of nitrogens with zero attached hydrogens (tertiary/aromatic N) is 1. The van der Waals surface area contributed by atoms with Gasteiger partial charge in [0.1, 0.15) is 17.6 Å². The van der Waals surface area contributed by atoms with Crippen LogP contribution in [0.25, 0.3) is 0 Å². The fourth-order valence-corrected chi connectivity index (χ4v) is 3.81. The average Bonchev–Trinajstić information content (AvgIpc) is 3.10. The first-order chi connectivity index (χ1) is 14.5. The van der Waals surface area contributed by atoms with Gasteiger partial charge in [-0.1, -0.05) is 48.5 Å². The number of anilines is 1. The zero-order valence-corrected chi connectivity index (χ0v) is 16.2. The fourth-order valence-electron chi connectivity index (χ4n) is 3.81. The van der Waals surface area contributed by atoms with Gasteiger partial charge in [0.05, 0.1) is 11.8 Å². The van der Waals surface area contributed by atoms with E-state index in [0.29, 0.717) is 24.1 Å². The predicted molar refractivity (Wildman–Crippen MR) is 111 cm³/mol. The van der Waals surface area contributed by atoms with Gasteiger partial charge in [-0.05, 0) is 54.3 Å². The van der Waals surface area contributed by atoms with Gasteiger partial charge in [-0.25, -0.2) is 9.18 Å². The summed E-state index contributed by atoms with van der Waals surface area (Å²) in [6.07, 6.45) is -1.39. The number of phenolic OH excluding ortho intramolecular Hbond substituents is 1. The molecule has 1 heterocycles. The zero-order chi connectivity index (χ0) is 21.1. The highest BCUT2D eigenvalue weighted by atomic mass is 19.1. The number of aryl methyl sites for hydroxylation is 1. The Balaban J connectivity index is 1.64. The van der Waals surface area contributed by atoms with Crippen LogP contribution in [0.3, 0.4) is 0 Å². The second-order valence-electron chi connectivity index (χ2n) is 7.33. The molecule has 2 N–H and O–H groups in total. The summed E-state index contributed by atoms with van der Waals surface area (Å²) in [5.74, 6) is -0.389. The molecule has 1 fully saturated rings. The molecule has 0 aliphatic carbocycles. The zero-order valence-electron chi connectivity index (χ0n) is 16.2. The number of carbonyl (C=O) groups excluding carboxylic acids is 1. The molecule has 1 aliphatic rings. The smallest absolute Gasteiger partial charge is 0.415 e. The summed E-state index contributed by atoms with van der Waals surface area (Å²) in [5.41, 5.74) is 2.09. The number of hydrogen-bond donors (Lipinski definition) is 2. The summed E-state index contributed by atoms with van der Waals surface area (Å²) >= 11 is 0. The maximum atomic E-state index is 13.8. The SMILES string of the molecule is O=C1OC([C@H](O)CCc2ccccc2)[C@@H](c2ccc(O)cc2)N1c1cccc(F)c1. The van der Waals surface area contributed by atoms with E-state index in [1.54, 1.807) is 18.2 Å². The van der Waals surface area contributed by atoms with Crippen molar-refractivity contribution in [3.8, 4) is 5.75 Å². The Kier molecular flexibility index (Phi) is 5.68. The largest absolute Gasteiger partial charge is 0.508 e. The minimum atomic E-state index is -0.925. The Morgan fingerprint density at radius 1 is 1.00 bits per heavy atom. The van der Waals surface area contributed by atoms with Crippen molar-refractivity contribution in [3.63, 3.8) is 0 Å². The van der Waals surface area contributed by atoms with Crippen molar-refractivity contribution >= 4 is 11.8 Å².